The summed E-state index contributed by atoms with van der Waals surface area (Å²) in [6, 6.07) is 15.5. The zero-order chi connectivity index (χ0) is 27.0. The summed E-state index contributed by atoms with van der Waals surface area (Å²) in [6.07, 6.45) is 0.696. The molecule has 0 spiro atoms. The lowest BCUT2D eigenvalue weighted by Gasteiger charge is -2.22. The number of rotatable bonds is 14. The maximum atomic E-state index is 12.7. The van der Waals surface area contributed by atoms with Crippen LogP contribution in [0.4, 0.5) is 9.59 Å². The number of alkyl carbamates (subject to hydrolysis) is 1. The molecule has 0 unspecified atom stereocenters. The minimum Gasteiger partial charge on any atom is -0.480 e. The molecule has 37 heavy (non-hydrogen) atoms. The fraction of sp³-hybridized carbons (Fsp3) is 0.407. The smallest absolute Gasteiger partial charge is 0.407 e. The lowest BCUT2D eigenvalue weighted by Crippen LogP contribution is -2.52. The Hall–Kier alpha value is -4.08. The van der Waals surface area contributed by atoms with Crippen molar-refractivity contribution in [1.82, 2.24) is 16.0 Å². The second-order valence-corrected chi connectivity index (χ2v) is 8.81. The molecule has 0 aromatic heterocycles. The summed E-state index contributed by atoms with van der Waals surface area (Å²) in [6.45, 7) is 3.86. The monoisotopic (exact) mass is 513 g/mol. The molecule has 2 atom stereocenters. The van der Waals surface area contributed by atoms with Crippen molar-refractivity contribution in [2.45, 2.75) is 58.4 Å². The van der Waals surface area contributed by atoms with Crippen molar-refractivity contribution >= 4 is 24.1 Å². The Morgan fingerprint density at radius 2 is 1.38 bits per heavy atom. The minimum absolute atomic E-state index is 0.0397. The van der Waals surface area contributed by atoms with Crippen LogP contribution in [-0.4, -0.2) is 47.8 Å². The molecular formula is C27H35N3O7. The van der Waals surface area contributed by atoms with Gasteiger partial charge in [-0.3, -0.25) is 0 Å². The van der Waals surface area contributed by atoms with E-state index < -0.39 is 36.1 Å². The molecule has 10 nitrogen and oxygen atoms in total. The molecule has 0 aliphatic rings. The van der Waals surface area contributed by atoms with Crippen LogP contribution in [0, 0.1) is 5.92 Å². The number of aliphatic carboxylic acids is 1. The Morgan fingerprint density at radius 1 is 0.811 bits per heavy atom. The van der Waals surface area contributed by atoms with Crippen molar-refractivity contribution in [2.75, 3.05) is 6.54 Å². The highest BCUT2D eigenvalue weighted by molar-refractivity contribution is 5.86. The van der Waals surface area contributed by atoms with E-state index in [1.165, 1.54) is 0 Å². The van der Waals surface area contributed by atoms with E-state index >= 15 is 0 Å². The van der Waals surface area contributed by atoms with Gasteiger partial charge in [-0.2, -0.15) is 0 Å². The summed E-state index contributed by atoms with van der Waals surface area (Å²) in [5.74, 6) is -2.15. The highest BCUT2D eigenvalue weighted by atomic mass is 16.5. The van der Waals surface area contributed by atoms with Gasteiger partial charge >= 0.3 is 24.1 Å². The number of carboxylic acid groups (broad SMARTS) is 1. The summed E-state index contributed by atoms with van der Waals surface area (Å²) in [4.78, 5) is 48.5. The lowest BCUT2D eigenvalue weighted by molar-refractivity contribution is -0.147. The average Bonchev–Trinajstić information content (AvgIpc) is 2.89. The molecule has 200 valence electrons. The Bertz CT molecular complexity index is 1000. The van der Waals surface area contributed by atoms with Crippen LogP contribution >= 0.6 is 0 Å². The van der Waals surface area contributed by atoms with Gasteiger partial charge in [-0.15, -0.1) is 0 Å². The first-order valence-electron chi connectivity index (χ1n) is 12.2. The van der Waals surface area contributed by atoms with Crippen LogP contribution < -0.4 is 16.0 Å². The predicted octanol–water partition coefficient (Wildman–Crippen LogP) is 3.60. The van der Waals surface area contributed by atoms with Crippen LogP contribution in [0.15, 0.2) is 60.7 Å². The Labute approximate surface area is 216 Å². The van der Waals surface area contributed by atoms with E-state index in [4.69, 9.17) is 9.47 Å². The Morgan fingerprint density at radius 3 is 1.92 bits per heavy atom. The molecule has 0 fully saturated rings. The van der Waals surface area contributed by atoms with Crippen molar-refractivity contribution in [3.8, 4) is 0 Å². The number of unbranched alkanes of at least 4 members (excludes halogenated alkanes) is 1. The maximum absolute atomic E-state index is 12.7. The van der Waals surface area contributed by atoms with Crippen molar-refractivity contribution in [1.29, 1.82) is 0 Å². The third-order valence-corrected chi connectivity index (χ3v) is 5.43. The average molecular weight is 514 g/mol. The van der Waals surface area contributed by atoms with E-state index in [0.29, 0.717) is 19.4 Å². The van der Waals surface area contributed by atoms with E-state index in [2.05, 4.69) is 16.0 Å². The van der Waals surface area contributed by atoms with Crippen LogP contribution in [0.5, 0.6) is 0 Å². The van der Waals surface area contributed by atoms with Crippen LogP contribution in [-0.2, 0) is 32.3 Å². The first kappa shape index (κ1) is 29.2. The van der Waals surface area contributed by atoms with Gasteiger partial charge in [-0.25, -0.2) is 19.2 Å². The first-order chi connectivity index (χ1) is 17.8. The number of hydrogen-bond acceptors (Lipinski definition) is 6. The molecule has 2 rings (SSSR count). The number of carboxylic acids is 1. The van der Waals surface area contributed by atoms with Gasteiger partial charge in [0.15, 0.2) is 0 Å². The summed E-state index contributed by atoms with van der Waals surface area (Å²) in [5, 5.41) is 16.9. The number of urea groups is 1. The summed E-state index contributed by atoms with van der Waals surface area (Å²) in [5.41, 5.74) is 1.67. The van der Waals surface area contributed by atoms with Gasteiger partial charge in [0.1, 0.15) is 25.3 Å². The van der Waals surface area contributed by atoms with E-state index in [-0.39, 0.29) is 25.6 Å². The zero-order valence-electron chi connectivity index (χ0n) is 21.1. The lowest BCUT2D eigenvalue weighted by atomic mass is 10.1. The van der Waals surface area contributed by atoms with Crippen LogP contribution in [0.1, 0.15) is 44.2 Å². The summed E-state index contributed by atoms with van der Waals surface area (Å²) < 4.78 is 10.5. The Kier molecular flexibility index (Phi) is 12.5. The quantitative estimate of drug-likeness (QED) is 0.223. The van der Waals surface area contributed by atoms with Gasteiger partial charge in [-0.1, -0.05) is 74.5 Å². The third-order valence-electron chi connectivity index (χ3n) is 5.43. The molecule has 4 N–H and O–H groups in total. The van der Waals surface area contributed by atoms with E-state index in [1.54, 1.807) is 13.8 Å². The minimum atomic E-state index is -1.17. The van der Waals surface area contributed by atoms with Crippen molar-refractivity contribution in [2.24, 2.45) is 5.92 Å². The molecule has 3 amide bonds. The van der Waals surface area contributed by atoms with Gasteiger partial charge in [0.25, 0.3) is 0 Å². The normalized spacial score (nSPS) is 12.2. The van der Waals surface area contributed by atoms with Gasteiger partial charge in [-0.05, 0) is 36.3 Å². The molecular weight excluding hydrogens is 478 g/mol. The second-order valence-electron chi connectivity index (χ2n) is 8.81. The number of esters is 1. The van der Waals surface area contributed by atoms with Crippen molar-refractivity contribution in [3.63, 3.8) is 0 Å². The molecule has 0 aliphatic heterocycles. The molecule has 0 aliphatic carbocycles. The van der Waals surface area contributed by atoms with Crippen molar-refractivity contribution < 1.29 is 33.8 Å². The fourth-order valence-corrected chi connectivity index (χ4v) is 3.37. The summed E-state index contributed by atoms with van der Waals surface area (Å²) >= 11 is 0. The van der Waals surface area contributed by atoms with Gasteiger partial charge < -0.3 is 30.5 Å². The number of carbonyl (C=O) groups is 4. The summed E-state index contributed by atoms with van der Waals surface area (Å²) in [7, 11) is 0. The number of nitrogens with one attached hydrogen (secondary N) is 3. The van der Waals surface area contributed by atoms with Gasteiger partial charge in [0.05, 0.1) is 0 Å². The number of hydrogen-bond donors (Lipinski definition) is 4. The van der Waals surface area contributed by atoms with Crippen LogP contribution in [0.3, 0.4) is 0 Å². The molecule has 0 saturated heterocycles. The molecule has 2 aromatic carbocycles. The predicted molar refractivity (Wildman–Crippen MR) is 136 cm³/mol. The highest BCUT2D eigenvalue weighted by Gasteiger charge is 2.27. The molecule has 10 heteroatoms. The topological polar surface area (TPSA) is 143 Å². The zero-order valence-corrected chi connectivity index (χ0v) is 21.1. The fourth-order valence-electron chi connectivity index (χ4n) is 3.37. The van der Waals surface area contributed by atoms with Crippen LogP contribution in [0.2, 0.25) is 0 Å². The van der Waals surface area contributed by atoms with E-state index in [1.807, 2.05) is 60.7 Å². The molecule has 2 aromatic rings. The van der Waals surface area contributed by atoms with Gasteiger partial charge in [0, 0.05) is 6.54 Å². The second kappa shape index (κ2) is 15.8. The highest BCUT2D eigenvalue weighted by Crippen LogP contribution is 2.08. The number of carbonyl (C=O) groups excluding carboxylic acids is 3. The largest absolute Gasteiger partial charge is 0.480 e. The standard InChI is InChI=1S/C27H35N3O7/c1-19(2)23(24(31)32)30-26(34)29-22(25(33)36-17-20-11-5-3-6-12-20)15-9-10-16-28-27(35)37-18-21-13-7-4-8-14-21/h3-8,11-14,19,22-23H,9-10,15-18H2,1-2H3,(H,28,35)(H,31,32)(H2,29,30,34)/t22-,23-/m0/s1. The number of ether oxygens (including phenoxy) is 2. The third kappa shape index (κ3) is 11.5. The Balaban J connectivity index is 1.83. The van der Waals surface area contributed by atoms with Crippen LogP contribution in [0.25, 0.3) is 0 Å². The number of amides is 3. The van der Waals surface area contributed by atoms with E-state index in [9.17, 15) is 24.3 Å². The first-order valence-corrected chi connectivity index (χ1v) is 12.2. The molecule has 0 bridgehead atoms. The SMILES string of the molecule is CC(C)[C@H](NC(=O)N[C@@H](CCCCNC(=O)OCc1ccccc1)C(=O)OCc1ccccc1)C(=O)O. The molecule has 0 saturated carbocycles. The molecule has 0 radical (unpaired) electrons. The maximum Gasteiger partial charge on any atom is 0.407 e. The van der Waals surface area contributed by atoms with Gasteiger partial charge in [0.2, 0.25) is 0 Å². The van der Waals surface area contributed by atoms with E-state index in [0.717, 1.165) is 11.1 Å². The number of benzene rings is 2. The molecule has 0 heterocycles. The van der Waals surface area contributed by atoms with Crippen molar-refractivity contribution in [3.05, 3.63) is 71.8 Å².